The van der Waals surface area contributed by atoms with E-state index in [4.69, 9.17) is 5.84 Å². The fourth-order valence-electron chi connectivity index (χ4n) is 1.99. The second-order valence-corrected chi connectivity index (χ2v) is 5.38. The van der Waals surface area contributed by atoms with Crippen molar-refractivity contribution in [1.29, 1.82) is 0 Å². The van der Waals surface area contributed by atoms with E-state index in [1.165, 1.54) is 20.7 Å². The van der Waals surface area contributed by atoms with E-state index in [1.54, 1.807) is 18.4 Å². The van der Waals surface area contributed by atoms with E-state index in [9.17, 15) is 4.79 Å². The highest BCUT2D eigenvalue weighted by atomic mass is 32.1. The molecule has 2 aromatic rings. The lowest BCUT2D eigenvalue weighted by atomic mass is 10.1. The van der Waals surface area contributed by atoms with Gasteiger partial charge in [-0.05, 0) is 41.7 Å². The molecule has 0 aliphatic carbocycles. The van der Waals surface area contributed by atoms with E-state index >= 15 is 0 Å². The Balaban J connectivity index is 1.85. The minimum Gasteiger partial charge on any atom is -0.284 e. The molecule has 1 heterocycles. The van der Waals surface area contributed by atoms with Gasteiger partial charge in [0.1, 0.15) is 0 Å². The van der Waals surface area contributed by atoms with Crippen molar-refractivity contribution in [3.8, 4) is 0 Å². The molecule has 1 aromatic heterocycles. The van der Waals surface area contributed by atoms with Gasteiger partial charge in [-0.2, -0.15) is 0 Å². The Morgan fingerprint density at radius 3 is 2.89 bits per heavy atom. The second kappa shape index (κ2) is 5.98. The molecule has 0 spiro atoms. The third-order valence-corrected chi connectivity index (χ3v) is 4.05. The molecule has 18 heavy (non-hydrogen) atoms. The highest BCUT2D eigenvalue weighted by molar-refractivity contribution is 7.17. The molecule has 0 atom stereocenters. The van der Waals surface area contributed by atoms with Crippen LogP contribution in [-0.2, 0) is 11.2 Å². The lowest BCUT2D eigenvalue weighted by Gasteiger charge is -2.08. The molecule has 3 nitrogen and oxygen atoms in total. The van der Waals surface area contributed by atoms with Crippen LogP contribution in [0.1, 0.15) is 24.8 Å². The molecule has 0 saturated heterocycles. The molecular weight excluding hydrogens is 244 g/mol. The number of aryl methyl sites for hydroxylation is 1. The van der Waals surface area contributed by atoms with Gasteiger partial charge >= 0.3 is 0 Å². The average Bonchev–Trinajstić information content (AvgIpc) is 2.77. The summed E-state index contributed by atoms with van der Waals surface area (Å²) in [5.74, 6) is 5.38. The molecule has 0 saturated carbocycles. The Labute approximate surface area is 111 Å². The number of fused-ring (bicyclic) bond motifs is 1. The summed E-state index contributed by atoms with van der Waals surface area (Å²) >= 11 is 1.79. The number of hydrazine groups is 1. The first kappa shape index (κ1) is 13.1. The van der Waals surface area contributed by atoms with Gasteiger partial charge in [0.2, 0.25) is 5.91 Å². The van der Waals surface area contributed by atoms with Crippen molar-refractivity contribution >= 4 is 27.3 Å². The number of amides is 1. The number of carbonyl (C=O) groups excluding carboxylic acids is 1. The largest absolute Gasteiger partial charge is 0.284 e. The van der Waals surface area contributed by atoms with Crippen LogP contribution in [-0.4, -0.2) is 18.0 Å². The maximum absolute atomic E-state index is 11.3. The minimum atomic E-state index is 0.00479. The number of thiophene rings is 1. The van der Waals surface area contributed by atoms with Crippen LogP contribution in [0, 0.1) is 0 Å². The van der Waals surface area contributed by atoms with Gasteiger partial charge in [-0.1, -0.05) is 18.2 Å². The van der Waals surface area contributed by atoms with E-state index in [1.807, 2.05) is 0 Å². The minimum absolute atomic E-state index is 0.00479. The van der Waals surface area contributed by atoms with Crippen LogP contribution >= 0.6 is 11.3 Å². The van der Waals surface area contributed by atoms with Crippen molar-refractivity contribution in [3.63, 3.8) is 0 Å². The van der Waals surface area contributed by atoms with E-state index in [0.717, 1.165) is 19.3 Å². The predicted octanol–water partition coefficient (Wildman–Crippen LogP) is 2.95. The maximum atomic E-state index is 11.3. The SMILES string of the molecule is CN(N)C(=O)CCCCc1csc2ccccc12. The summed E-state index contributed by atoms with van der Waals surface area (Å²) in [6.07, 6.45) is 3.49. The normalized spacial score (nSPS) is 10.8. The Morgan fingerprint density at radius 2 is 2.11 bits per heavy atom. The molecule has 96 valence electrons. The molecule has 1 amide bonds. The zero-order valence-electron chi connectivity index (χ0n) is 10.6. The number of hydrogen-bond acceptors (Lipinski definition) is 3. The molecule has 0 radical (unpaired) electrons. The maximum Gasteiger partial charge on any atom is 0.236 e. The van der Waals surface area contributed by atoms with E-state index in [-0.39, 0.29) is 5.91 Å². The summed E-state index contributed by atoms with van der Waals surface area (Å²) in [4.78, 5) is 11.3. The Morgan fingerprint density at radius 1 is 1.33 bits per heavy atom. The fourth-order valence-corrected chi connectivity index (χ4v) is 2.99. The molecule has 2 rings (SSSR count). The molecular formula is C14H18N2OS. The standard InChI is InChI=1S/C14H18N2OS/c1-16(15)14(17)9-5-2-6-11-10-18-13-8-4-3-7-12(11)13/h3-4,7-8,10H,2,5-6,9,15H2,1H3. The third-order valence-electron chi connectivity index (χ3n) is 3.04. The lowest BCUT2D eigenvalue weighted by Crippen LogP contribution is -2.32. The average molecular weight is 262 g/mol. The summed E-state index contributed by atoms with van der Waals surface area (Å²) in [6, 6.07) is 8.46. The van der Waals surface area contributed by atoms with Crippen molar-refractivity contribution in [1.82, 2.24) is 5.01 Å². The first-order valence-corrected chi connectivity index (χ1v) is 7.03. The number of rotatable bonds is 5. The Bertz CT molecular complexity index is 533. The van der Waals surface area contributed by atoms with Gasteiger partial charge in [-0.15, -0.1) is 11.3 Å². The molecule has 1 aromatic carbocycles. The van der Waals surface area contributed by atoms with Gasteiger partial charge in [0, 0.05) is 18.2 Å². The predicted molar refractivity (Wildman–Crippen MR) is 76.3 cm³/mol. The highest BCUT2D eigenvalue weighted by Gasteiger charge is 2.06. The van der Waals surface area contributed by atoms with Crippen LogP contribution in [0.2, 0.25) is 0 Å². The molecule has 0 fully saturated rings. The van der Waals surface area contributed by atoms with Crippen LogP contribution in [0.4, 0.5) is 0 Å². The number of unbranched alkanes of at least 4 members (excludes halogenated alkanes) is 1. The first-order chi connectivity index (χ1) is 8.68. The van der Waals surface area contributed by atoms with Crippen LogP contribution in [0.15, 0.2) is 29.6 Å². The highest BCUT2D eigenvalue weighted by Crippen LogP contribution is 2.26. The summed E-state index contributed by atoms with van der Waals surface area (Å²) in [7, 11) is 1.59. The van der Waals surface area contributed by atoms with Crippen LogP contribution < -0.4 is 5.84 Å². The molecule has 0 bridgehead atoms. The van der Waals surface area contributed by atoms with Crippen molar-refractivity contribution in [2.45, 2.75) is 25.7 Å². The van der Waals surface area contributed by atoms with Crippen LogP contribution in [0.25, 0.3) is 10.1 Å². The zero-order chi connectivity index (χ0) is 13.0. The molecule has 0 aliphatic rings. The van der Waals surface area contributed by atoms with Crippen molar-refractivity contribution < 1.29 is 4.79 Å². The zero-order valence-corrected chi connectivity index (χ0v) is 11.4. The van der Waals surface area contributed by atoms with E-state index in [0.29, 0.717) is 6.42 Å². The van der Waals surface area contributed by atoms with Crippen molar-refractivity contribution in [2.75, 3.05) is 7.05 Å². The van der Waals surface area contributed by atoms with E-state index in [2.05, 4.69) is 29.6 Å². The Hall–Kier alpha value is -1.39. The topological polar surface area (TPSA) is 46.3 Å². The first-order valence-electron chi connectivity index (χ1n) is 6.15. The fraction of sp³-hybridized carbons (Fsp3) is 0.357. The van der Waals surface area contributed by atoms with Crippen molar-refractivity contribution in [2.24, 2.45) is 5.84 Å². The number of carbonyl (C=O) groups is 1. The summed E-state index contributed by atoms with van der Waals surface area (Å²) in [6.45, 7) is 0. The van der Waals surface area contributed by atoms with Crippen LogP contribution in [0.3, 0.4) is 0 Å². The van der Waals surface area contributed by atoms with Crippen LogP contribution in [0.5, 0.6) is 0 Å². The molecule has 4 heteroatoms. The summed E-state index contributed by atoms with van der Waals surface area (Å²) in [5.41, 5.74) is 1.39. The second-order valence-electron chi connectivity index (χ2n) is 4.47. The Kier molecular flexibility index (Phi) is 4.33. The molecule has 2 N–H and O–H groups in total. The number of nitrogens with two attached hydrogens (primary N) is 1. The number of benzene rings is 1. The van der Waals surface area contributed by atoms with Crippen molar-refractivity contribution in [3.05, 3.63) is 35.2 Å². The summed E-state index contributed by atoms with van der Waals surface area (Å²) in [5, 5.41) is 4.74. The van der Waals surface area contributed by atoms with Gasteiger partial charge < -0.3 is 0 Å². The number of hydrogen-bond donors (Lipinski definition) is 1. The lowest BCUT2D eigenvalue weighted by molar-refractivity contribution is -0.130. The molecule has 0 aliphatic heterocycles. The van der Waals surface area contributed by atoms with Gasteiger partial charge in [-0.3, -0.25) is 9.80 Å². The molecule has 0 unspecified atom stereocenters. The van der Waals surface area contributed by atoms with Gasteiger partial charge in [0.25, 0.3) is 0 Å². The number of nitrogens with zero attached hydrogens (tertiary/aromatic N) is 1. The van der Waals surface area contributed by atoms with E-state index < -0.39 is 0 Å². The monoisotopic (exact) mass is 262 g/mol. The van der Waals surface area contributed by atoms with Gasteiger partial charge in [-0.25, -0.2) is 5.84 Å². The quantitative estimate of drug-likeness (QED) is 0.390. The smallest absolute Gasteiger partial charge is 0.236 e. The van der Waals surface area contributed by atoms with Gasteiger partial charge in [0.05, 0.1) is 0 Å². The summed E-state index contributed by atoms with van der Waals surface area (Å²) < 4.78 is 1.34. The third kappa shape index (κ3) is 3.09. The van der Waals surface area contributed by atoms with Gasteiger partial charge in [0.15, 0.2) is 0 Å².